The van der Waals surface area contributed by atoms with Gasteiger partial charge in [-0.1, -0.05) is 22.0 Å². The Balaban J connectivity index is 2.40. The summed E-state index contributed by atoms with van der Waals surface area (Å²) in [6.07, 6.45) is 0. The first-order valence-corrected chi connectivity index (χ1v) is 6.61. The molecule has 0 spiro atoms. The lowest BCUT2D eigenvalue weighted by Gasteiger charge is -2.02. The molecule has 1 aromatic carbocycles. The summed E-state index contributed by atoms with van der Waals surface area (Å²) in [6.45, 7) is 3.79. The molecule has 2 heterocycles. The van der Waals surface area contributed by atoms with E-state index in [-0.39, 0.29) is 5.63 Å². The number of aromatic nitrogens is 2. The molecule has 0 unspecified atom stereocenters. The first kappa shape index (κ1) is 12.2. The Morgan fingerprint density at radius 3 is 2.79 bits per heavy atom. The van der Waals surface area contributed by atoms with Crippen LogP contribution in [0.1, 0.15) is 11.3 Å². The summed E-state index contributed by atoms with van der Waals surface area (Å²) in [4.78, 5) is 11.5. The maximum Gasteiger partial charge on any atom is 0.337 e. The Morgan fingerprint density at radius 1 is 1.26 bits per heavy atom. The van der Waals surface area contributed by atoms with Gasteiger partial charge in [0.05, 0.1) is 16.8 Å². The summed E-state index contributed by atoms with van der Waals surface area (Å²) >= 11 is 3.43. The summed E-state index contributed by atoms with van der Waals surface area (Å²) in [5.74, 6) is 0. The van der Waals surface area contributed by atoms with Crippen molar-refractivity contribution in [3.8, 4) is 5.69 Å². The Hall–Kier alpha value is -1.88. The van der Waals surface area contributed by atoms with Gasteiger partial charge in [-0.2, -0.15) is 9.78 Å². The third-order valence-electron chi connectivity index (χ3n) is 3.00. The Bertz CT molecular complexity index is 833. The van der Waals surface area contributed by atoms with Crippen LogP contribution in [-0.4, -0.2) is 9.78 Å². The van der Waals surface area contributed by atoms with E-state index in [1.54, 1.807) is 4.68 Å². The molecule has 0 atom stereocenters. The lowest BCUT2D eigenvalue weighted by atomic mass is 10.2. The minimum absolute atomic E-state index is 0.360. The second-order valence-electron chi connectivity index (χ2n) is 4.41. The van der Waals surface area contributed by atoms with Gasteiger partial charge in [0.15, 0.2) is 0 Å². The maximum absolute atomic E-state index is 11.5. The van der Waals surface area contributed by atoms with E-state index in [1.807, 2.05) is 38.1 Å². The molecule has 0 aliphatic carbocycles. The van der Waals surface area contributed by atoms with Crippen LogP contribution in [0.3, 0.4) is 0 Å². The average Bonchev–Trinajstić information content (AvgIpc) is 2.66. The van der Waals surface area contributed by atoms with E-state index < -0.39 is 0 Å². The summed E-state index contributed by atoms with van der Waals surface area (Å²) in [7, 11) is 0. The molecule has 0 saturated carbocycles. The highest BCUT2D eigenvalue weighted by atomic mass is 79.9. The minimum Gasteiger partial charge on any atom is -0.403 e. The number of benzene rings is 1. The van der Waals surface area contributed by atoms with Crippen LogP contribution in [0.4, 0.5) is 0 Å². The zero-order chi connectivity index (χ0) is 13.6. The van der Waals surface area contributed by atoms with E-state index in [4.69, 9.17) is 4.42 Å². The lowest BCUT2D eigenvalue weighted by molar-refractivity contribution is 0.534. The van der Waals surface area contributed by atoms with Gasteiger partial charge in [-0.15, -0.1) is 0 Å². The Morgan fingerprint density at radius 2 is 2.05 bits per heavy atom. The quantitative estimate of drug-likeness (QED) is 0.691. The van der Waals surface area contributed by atoms with Gasteiger partial charge >= 0.3 is 5.63 Å². The molecule has 0 aliphatic heterocycles. The lowest BCUT2D eigenvalue weighted by Crippen LogP contribution is -2.01. The number of rotatable bonds is 1. The summed E-state index contributed by atoms with van der Waals surface area (Å²) < 4.78 is 7.92. The molecule has 3 rings (SSSR count). The first-order chi connectivity index (χ1) is 9.06. The molecule has 2 aromatic heterocycles. The van der Waals surface area contributed by atoms with Crippen molar-refractivity contribution in [2.45, 2.75) is 13.8 Å². The van der Waals surface area contributed by atoms with E-state index in [0.29, 0.717) is 5.71 Å². The van der Waals surface area contributed by atoms with E-state index in [2.05, 4.69) is 21.0 Å². The van der Waals surface area contributed by atoms with Crippen LogP contribution in [0.25, 0.3) is 16.8 Å². The van der Waals surface area contributed by atoms with Crippen molar-refractivity contribution in [3.63, 3.8) is 0 Å². The highest BCUT2D eigenvalue weighted by Gasteiger charge is 2.14. The van der Waals surface area contributed by atoms with Gasteiger partial charge in [0.1, 0.15) is 0 Å². The monoisotopic (exact) mass is 318 g/mol. The number of nitrogens with zero attached hydrogens (tertiary/aromatic N) is 2. The number of aryl methyl sites for hydroxylation is 2. The summed E-state index contributed by atoms with van der Waals surface area (Å²) in [6, 6.07) is 9.18. The number of halogens is 1. The van der Waals surface area contributed by atoms with Gasteiger partial charge in [-0.3, -0.25) is 0 Å². The molecule has 0 saturated heterocycles. The van der Waals surface area contributed by atoms with Gasteiger partial charge in [0.2, 0.25) is 5.71 Å². The second kappa shape index (κ2) is 4.35. The van der Waals surface area contributed by atoms with Crippen LogP contribution < -0.4 is 5.63 Å². The van der Waals surface area contributed by atoms with Crippen LogP contribution in [0, 0.1) is 13.8 Å². The van der Waals surface area contributed by atoms with Gasteiger partial charge in [-0.05, 0) is 37.6 Å². The van der Waals surface area contributed by atoms with E-state index in [0.717, 1.165) is 26.8 Å². The zero-order valence-corrected chi connectivity index (χ0v) is 12.1. The minimum atomic E-state index is -0.360. The standard InChI is InChI=1S/C14H11BrN2O2/c1-8-6-12(18)19-14-13(8)9(2)16-17(14)11-5-3-4-10(15)7-11/h3-7H,1-2H3. The molecule has 3 aromatic rings. The Kier molecular flexibility index (Phi) is 2.78. The molecule has 0 aliphatic rings. The molecule has 0 N–H and O–H groups in total. The molecule has 96 valence electrons. The fourth-order valence-corrected chi connectivity index (χ4v) is 2.60. The van der Waals surface area contributed by atoms with E-state index in [1.165, 1.54) is 6.07 Å². The SMILES string of the molecule is Cc1cc(=O)oc2c1c(C)nn2-c1cccc(Br)c1. The van der Waals surface area contributed by atoms with Crippen LogP contribution in [-0.2, 0) is 0 Å². The van der Waals surface area contributed by atoms with Gasteiger partial charge in [0.25, 0.3) is 0 Å². The predicted molar refractivity (Wildman–Crippen MR) is 76.8 cm³/mol. The van der Waals surface area contributed by atoms with Gasteiger partial charge in [-0.25, -0.2) is 4.79 Å². The van der Waals surface area contributed by atoms with Crippen molar-refractivity contribution >= 4 is 27.0 Å². The second-order valence-corrected chi connectivity index (χ2v) is 5.32. The molecule has 0 radical (unpaired) electrons. The summed E-state index contributed by atoms with van der Waals surface area (Å²) in [5, 5.41) is 5.35. The van der Waals surface area contributed by atoms with Gasteiger partial charge < -0.3 is 4.42 Å². The number of hydrogen-bond donors (Lipinski definition) is 0. The normalized spacial score (nSPS) is 11.1. The van der Waals surface area contributed by atoms with Crippen molar-refractivity contribution < 1.29 is 4.42 Å². The topological polar surface area (TPSA) is 48.0 Å². The zero-order valence-electron chi connectivity index (χ0n) is 10.5. The highest BCUT2D eigenvalue weighted by Crippen LogP contribution is 2.24. The van der Waals surface area contributed by atoms with Crippen LogP contribution in [0.15, 0.2) is 44.0 Å². The molecular weight excluding hydrogens is 308 g/mol. The van der Waals surface area contributed by atoms with Crippen molar-refractivity contribution in [1.29, 1.82) is 0 Å². The van der Waals surface area contributed by atoms with Crippen LogP contribution in [0.5, 0.6) is 0 Å². The fourth-order valence-electron chi connectivity index (χ4n) is 2.21. The van der Waals surface area contributed by atoms with E-state index >= 15 is 0 Å². The molecule has 19 heavy (non-hydrogen) atoms. The number of hydrogen-bond acceptors (Lipinski definition) is 3. The third-order valence-corrected chi connectivity index (χ3v) is 3.49. The van der Waals surface area contributed by atoms with Gasteiger partial charge in [0, 0.05) is 10.5 Å². The fraction of sp³-hybridized carbons (Fsp3) is 0.143. The molecular formula is C14H11BrN2O2. The molecule has 0 amide bonds. The van der Waals surface area contributed by atoms with E-state index in [9.17, 15) is 4.79 Å². The first-order valence-electron chi connectivity index (χ1n) is 5.82. The largest absolute Gasteiger partial charge is 0.403 e. The van der Waals surface area contributed by atoms with Crippen molar-refractivity contribution in [2.24, 2.45) is 0 Å². The third kappa shape index (κ3) is 2.00. The number of fused-ring (bicyclic) bond motifs is 1. The van der Waals surface area contributed by atoms with Crippen LogP contribution >= 0.6 is 15.9 Å². The molecule has 4 nitrogen and oxygen atoms in total. The highest BCUT2D eigenvalue weighted by molar-refractivity contribution is 9.10. The molecule has 0 bridgehead atoms. The molecule has 5 heteroatoms. The smallest absolute Gasteiger partial charge is 0.337 e. The van der Waals surface area contributed by atoms with Crippen molar-refractivity contribution in [2.75, 3.05) is 0 Å². The predicted octanol–water partition coefficient (Wildman–Crippen LogP) is 3.36. The molecule has 0 fully saturated rings. The Labute approximate surface area is 117 Å². The van der Waals surface area contributed by atoms with Crippen molar-refractivity contribution in [1.82, 2.24) is 9.78 Å². The van der Waals surface area contributed by atoms with Crippen molar-refractivity contribution in [3.05, 3.63) is 56.5 Å². The van der Waals surface area contributed by atoms with Crippen LogP contribution in [0.2, 0.25) is 0 Å². The summed E-state index contributed by atoms with van der Waals surface area (Å²) in [5.41, 5.74) is 2.70. The average molecular weight is 319 g/mol. The maximum atomic E-state index is 11.5.